The molecule has 0 aliphatic rings. The number of rotatable bonds is 3. The molecule has 0 saturated heterocycles. The van der Waals surface area contributed by atoms with Crippen LogP contribution in [0.3, 0.4) is 0 Å². The summed E-state index contributed by atoms with van der Waals surface area (Å²) in [7, 11) is 0. The highest BCUT2D eigenvalue weighted by Gasteiger charge is 2.17. The third-order valence-electron chi connectivity index (χ3n) is 3.25. The summed E-state index contributed by atoms with van der Waals surface area (Å²) in [6.07, 6.45) is 0.407. The topological polar surface area (TPSA) is 54.9 Å². The first-order chi connectivity index (χ1) is 9.45. The number of benzene rings is 1. The van der Waals surface area contributed by atoms with Crippen LogP contribution in [0.25, 0.3) is 0 Å². The Balaban J connectivity index is 2.64. The minimum atomic E-state index is -0.603. The van der Waals surface area contributed by atoms with Crippen molar-refractivity contribution in [3.05, 3.63) is 67.2 Å². The van der Waals surface area contributed by atoms with Gasteiger partial charge in [0.05, 0.1) is 11.6 Å². The van der Waals surface area contributed by atoms with Crippen molar-refractivity contribution in [1.82, 2.24) is 9.55 Å². The number of hydrogen-bond acceptors (Lipinski definition) is 2. The summed E-state index contributed by atoms with van der Waals surface area (Å²) >= 11 is 5.85. The maximum Gasteiger partial charge on any atom is 0.330 e. The highest BCUT2D eigenvalue weighted by atomic mass is 35.5. The van der Waals surface area contributed by atoms with Crippen LogP contribution in [0.1, 0.15) is 31.0 Å². The van der Waals surface area contributed by atoms with Crippen LogP contribution in [-0.4, -0.2) is 9.55 Å². The molecule has 6 heteroatoms. The maximum atomic E-state index is 13.3. The first kappa shape index (κ1) is 14.5. The zero-order valence-corrected chi connectivity index (χ0v) is 11.9. The Morgan fingerprint density at radius 3 is 2.70 bits per heavy atom. The second kappa shape index (κ2) is 5.63. The van der Waals surface area contributed by atoms with Crippen molar-refractivity contribution in [3.63, 3.8) is 0 Å². The van der Waals surface area contributed by atoms with Gasteiger partial charge in [0.25, 0.3) is 5.56 Å². The number of halogens is 2. The van der Waals surface area contributed by atoms with E-state index in [2.05, 4.69) is 4.98 Å². The fraction of sp³-hybridized carbons (Fsp3) is 0.286. The second-order valence-electron chi connectivity index (χ2n) is 4.48. The smallest absolute Gasteiger partial charge is 0.297 e. The Labute approximate surface area is 119 Å². The first-order valence-corrected chi connectivity index (χ1v) is 6.62. The van der Waals surface area contributed by atoms with Gasteiger partial charge in [-0.2, -0.15) is 0 Å². The Hall–Kier alpha value is -1.88. The van der Waals surface area contributed by atoms with Gasteiger partial charge in [-0.1, -0.05) is 30.7 Å². The monoisotopic (exact) mass is 296 g/mol. The molecule has 4 nitrogen and oxygen atoms in total. The molecule has 0 aliphatic carbocycles. The average molecular weight is 297 g/mol. The highest BCUT2D eigenvalue weighted by Crippen LogP contribution is 2.16. The van der Waals surface area contributed by atoms with Gasteiger partial charge in [0, 0.05) is 0 Å². The van der Waals surface area contributed by atoms with E-state index in [0.29, 0.717) is 17.5 Å². The zero-order valence-electron chi connectivity index (χ0n) is 11.1. The highest BCUT2D eigenvalue weighted by molar-refractivity contribution is 6.30. The van der Waals surface area contributed by atoms with Crippen LogP contribution < -0.4 is 11.2 Å². The van der Waals surface area contributed by atoms with Gasteiger partial charge >= 0.3 is 5.69 Å². The molecule has 1 heterocycles. The van der Waals surface area contributed by atoms with Gasteiger partial charge in [0.1, 0.15) is 11.0 Å². The minimum Gasteiger partial charge on any atom is -0.297 e. The molecule has 1 aromatic carbocycles. The maximum absolute atomic E-state index is 13.3. The normalized spacial score (nSPS) is 12.4. The molecular weight excluding hydrogens is 283 g/mol. The van der Waals surface area contributed by atoms with Gasteiger partial charge < -0.3 is 0 Å². The summed E-state index contributed by atoms with van der Waals surface area (Å²) in [4.78, 5) is 26.7. The molecular formula is C14H14ClFN2O2. The van der Waals surface area contributed by atoms with E-state index in [9.17, 15) is 14.0 Å². The van der Waals surface area contributed by atoms with Crippen LogP contribution in [0.4, 0.5) is 4.39 Å². The summed E-state index contributed by atoms with van der Waals surface area (Å²) in [5.74, 6) is -0.413. The molecule has 106 valence electrons. The second-order valence-corrected chi connectivity index (χ2v) is 4.86. The molecule has 0 fully saturated rings. The molecule has 0 saturated carbocycles. The van der Waals surface area contributed by atoms with E-state index in [4.69, 9.17) is 11.6 Å². The molecule has 1 atom stereocenters. The summed E-state index contributed by atoms with van der Waals surface area (Å²) < 4.78 is 14.3. The number of hydrogen-bond donors (Lipinski definition) is 1. The Morgan fingerprint density at radius 1 is 1.40 bits per heavy atom. The van der Waals surface area contributed by atoms with Crippen LogP contribution in [-0.2, 0) is 6.42 Å². The Bertz CT molecular complexity index is 752. The third kappa shape index (κ3) is 2.54. The standard InChI is InChI=1S/C14H14ClFN2O2/c1-3-11-12(15)17-14(20)18(13(11)19)8(2)9-5-4-6-10(16)7-9/h4-8H,3H2,1-2H3,(H,17,20). The lowest BCUT2D eigenvalue weighted by Crippen LogP contribution is -2.39. The van der Waals surface area contributed by atoms with Gasteiger partial charge in [0.2, 0.25) is 0 Å². The number of aromatic nitrogens is 2. The predicted octanol–water partition coefficient (Wildman–Crippen LogP) is 2.50. The van der Waals surface area contributed by atoms with Crippen LogP contribution in [0, 0.1) is 5.82 Å². The zero-order chi connectivity index (χ0) is 14.9. The van der Waals surface area contributed by atoms with Crippen LogP contribution in [0.2, 0.25) is 5.15 Å². The SMILES string of the molecule is CCc1c(Cl)[nH]c(=O)n(C(C)c2cccc(F)c2)c1=O. The van der Waals surface area contributed by atoms with Crippen molar-refractivity contribution < 1.29 is 4.39 Å². The van der Waals surface area contributed by atoms with Crippen molar-refractivity contribution in [1.29, 1.82) is 0 Å². The number of H-pyrrole nitrogens is 1. The van der Waals surface area contributed by atoms with E-state index in [1.165, 1.54) is 18.2 Å². The molecule has 0 spiro atoms. The summed E-state index contributed by atoms with van der Waals surface area (Å²) in [5, 5.41) is 0.0604. The van der Waals surface area contributed by atoms with Gasteiger partial charge in [-0.3, -0.25) is 14.3 Å². The van der Waals surface area contributed by atoms with E-state index in [-0.39, 0.29) is 5.15 Å². The minimum absolute atomic E-state index is 0.0604. The molecule has 1 aromatic heterocycles. The molecule has 2 aromatic rings. The first-order valence-electron chi connectivity index (χ1n) is 6.24. The molecule has 0 radical (unpaired) electrons. The van der Waals surface area contributed by atoms with E-state index in [1.54, 1.807) is 19.9 Å². The van der Waals surface area contributed by atoms with Crippen molar-refractivity contribution in [2.24, 2.45) is 0 Å². The van der Waals surface area contributed by atoms with E-state index in [0.717, 1.165) is 4.57 Å². The molecule has 0 amide bonds. The quantitative estimate of drug-likeness (QED) is 0.885. The van der Waals surface area contributed by atoms with E-state index < -0.39 is 23.1 Å². The fourth-order valence-electron chi connectivity index (χ4n) is 2.13. The van der Waals surface area contributed by atoms with Crippen molar-refractivity contribution in [3.8, 4) is 0 Å². The average Bonchev–Trinajstić information content (AvgIpc) is 2.38. The van der Waals surface area contributed by atoms with Gasteiger partial charge in [-0.05, 0) is 31.0 Å². The fourth-order valence-corrected chi connectivity index (χ4v) is 2.43. The molecule has 0 aliphatic heterocycles. The lowest BCUT2D eigenvalue weighted by molar-refractivity contribution is 0.562. The van der Waals surface area contributed by atoms with Gasteiger partial charge in [0.15, 0.2) is 0 Å². The number of nitrogens with zero attached hydrogens (tertiary/aromatic N) is 1. The van der Waals surface area contributed by atoms with E-state index >= 15 is 0 Å². The van der Waals surface area contributed by atoms with Crippen LogP contribution in [0.5, 0.6) is 0 Å². The summed E-state index contributed by atoms with van der Waals surface area (Å²) in [6.45, 7) is 3.44. The molecule has 1 unspecified atom stereocenters. The number of nitrogens with one attached hydrogen (secondary N) is 1. The lowest BCUT2D eigenvalue weighted by Gasteiger charge is -2.16. The van der Waals surface area contributed by atoms with Gasteiger partial charge in [-0.15, -0.1) is 0 Å². The summed E-state index contributed by atoms with van der Waals surface area (Å²) in [6, 6.07) is 5.24. The van der Waals surface area contributed by atoms with Crippen molar-refractivity contribution in [2.75, 3.05) is 0 Å². The van der Waals surface area contributed by atoms with Crippen LogP contribution >= 0.6 is 11.6 Å². The van der Waals surface area contributed by atoms with Gasteiger partial charge in [-0.25, -0.2) is 9.18 Å². The lowest BCUT2D eigenvalue weighted by atomic mass is 10.1. The Kier molecular flexibility index (Phi) is 4.09. The number of aromatic amines is 1. The van der Waals surface area contributed by atoms with Crippen LogP contribution in [0.15, 0.2) is 33.9 Å². The molecule has 20 heavy (non-hydrogen) atoms. The molecule has 2 rings (SSSR count). The summed E-state index contributed by atoms with van der Waals surface area (Å²) in [5.41, 5.74) is -0.163. The molecule has 0 bridgehead atoms. The van der Waals surface area contributed by atoms with Crippen molar-refractivity contribution >= 4 is 11.6 Å². The Morgan fingerprint density at radius 2 is 2.10 bits per heavy atom. The molecule has 1 N–H and O–H groups in total. The largest absolute Gasteiger partial charge is 0.330 e. The van der Waals surface area contributed by atoms with Crippen molar-refractivity contribution in [2.45, 2.75) is 26.3 Å². The van der Waals surface area contributed by atoms with E-state index in [1.807, 2.05) is 0 Å². The third-order valence-corrected chi connectivity index (χ3v) is 3.57. The predicted molar refractivity (Wildman–Crippen MR) is 75.9 cm³/mol.